The van der Waals surface area contributed by atoms with Crippen LogP contribution in [0, 0.1) is 0 Å². The largest absolute Gasteiger partial charge is 0.302 e. The van der Waals surface area contributed by atoms with Crippen molar-refractivity contribution in [3.63, 3.8) is 0 Å². The van der Waals surface area contributed by atoms with Gasteiger partial charge in [-0.15, -0.1) is 0 Å². The van der Waals surface area contributed by atoms with Crippen LogP contribution < -0.4 is 0 Å². The summed E-state index contributed by atoms with van der Waals surface area (Å²) in [6, 6.07) is 4.40. The van der Waals surface area contributed by atoms with Crippen molar-refractivity contribution in [2.24, 2.45) is 0 Å². The first kappa shape index (κ1) is 15.1. The van der Waals surface area contributed by atoms with Crippen LogP contribution in [-0.2, 0) is 24.7 Å². The molecular formula is C12H15NO5S2. The lowest BCUT2D eigenvalue weighted by Crippen LogP contribution is -2.36. The van der Waals surface area contributed by atoms with Crippen LogP contribution in [0.15, 0.2) is 34.1 Å². The molecule has 0 spiro atoms. The fraction of sp³-hybridized carbons (Fsp3) is 0.417. The first-order chi connectivity index (χ1) is 9.26. The summed E-state index contributed by atoms with van der Waals surface area (Å²) in [6.07, 6.45) is 2.85. The Morgan fingerprint density at radius 3 is 2.15 bits per heavy atom. The SMILES string of the molecule is CS(=O)(=O)c1ccc(S(=O)(=O)N2CCC[C@H]2C=O)cc1. The minimum Gasteiger partial charge on any atom is -0.302 e. The van der Waals surface area contributed by atoms with Gasteiger partial charge in [-0.25, -0.2) is 16.8 Å². The molecule has 1 atom stereocenters. The molecule has 0 radical (unpaired) electrons. The zero-order chi connectivity index (χ0) is 15.0. The number of nitrogens with zero attached hydrogens (tertiary/aromatic N) is 1. The molecule has 0 amide bonds. The predicted octanol–water partition coefficient (Wildman–Crippen LogP) is 0.442. The van der Waals surface area contributed by atoms with E-state index in [4.69, 9.17) is 0 Å². The Morgan fingerprint density at radius 2 is 1.65 bits per heavy atom. The second-order valence-corrected chi connectivity index (χ2v) is 8.61. The number of carbonyl (C=O) groups excluding carboxylic acids is 1. The van der Waals surface area contributed by atoms with E-state index in [1.165, 1.54) is 24.3 Å². The third kappa shape index (κ3) is 2.77. The van der Waals surface area contributed by atoms with Crippen LogP contribution >= 0.6 is 0 Å². The van der Waals surface area contributed by atoms with Gasteiger partial charge in [0.1, 0.15) is 6.29 Å². The number of hydrogen-bond donors (Lipinski definition) is 0. The molecule has 0 saturated carbocycles. The quantitative estimate of drug-likeness (QED) is 0.752. The second kappa shape index (κ2) is 5.27. The van der Waals surface area contributed by atoms with E-state index in [-0.39, 0.29) is 9.79 Å². The highest BCUT2D eigenvalue weighted by atomic mass is 32.2. The highest BCUT2D eigenvalue weighted by Gasteiger charge is 2.35. The van der Waals surface area contributed by atoms with Crippen molar-refractivity contribution in [2.45, 2.75) is 28.7 Å². The smallest absolute Gasteiger partial charge is 0.243 e. The van der Waals surface area contributed by atoms with E-state index in [9.17, 15) is 21.6 Å². The molecule has 2 rings (SSSR count). The van der Waals surface area contributed by atoms with Crippen molar-refractivity contribution in [1.29, 1.82) is 0 Å². The monoisotopic (exact) mass is 317 g/mol. The fourth-order valence-corrected chi connectivity index (χ4v) is 4.46. The van der Waals surface area contributed by atoms with Crippen LogP contribution in [0.1, 0.15) is 12.8 Å². The molecular weight excluding hydrogens is 302 g/mol. The van der Waals surface area contributed by atoms with Gasteiger partial charge < -0.3 is 4.79 Å². The summed E-state index contributed by atoms with van der Waals surface area (Å²) in [5, 5.41) is 0. The molecule has 1 aromatic carbocycles. The minimum absolute atomic E-state index is 0.00125. The van der Waals surface area contributed by atoms with Crippen molar-refractivity contribution >= 4 is 26.1 Å². The summed E-state index contributed by atoms with van der Waals surface area (Å²) in [5.41, 5.74) is 0. The summed E-state index contributed by atoms with van der Waals surface area (Å²) >= 11 is 0. The molecule has 8 heteroatoms. The molecule has 1 heterocycles. The Balaban J connectivity index is 2.38. The summed E-state index contributed by atoms with van der Waals surface area (Å²) in [7, 11) is -7.12. The third-order valence-electron chi connectivity index (χ3n) is 3.26. The van der Waals surface area contributed by atoms with Gasteiger partial charge in [0.25, 0.3) is 0 Å². The molecule has 0 bridgehead atoms. The summed E-state index contributed by atoms with van der Waals surface area (Å²) in [5.74, 6) is 0. The van der Waals surface area contributed by atoms with Gasteiger partial charge in [-0.05, 0) is 37.1 Å². The molecule has 0 unspecified atom stereocenters. The van der Waals surface area contributed by atoms with Gasteiger partial charge in [-0.1, -0.05) is 0 Å². The van der Waals surface area contributed by atoms with Gasteiger partial charge in [-0.3, -0.25) is 0 Å². The van der Waals surface area contributed by atoms with E-state index >= 15 is 0 Å². The van der Waals surface area contributed by atoms with Gasteiger partial charge in [0, 0.05) is 12.8 Å². The molecule has 1 aliphatic rings. The number of rotatable bonds is 4. The molecule has 1 fully saturated rings. The molecule has 6 nitrogen and oxygen atoms in total. The lowest BCUT2D eigenvalue weighted by atomic mass is 10.2. The molecule has 0 aromatic heterocycles. The second-order valence-electron chi connectivity index (χ2n) is 4.70. The van der Waals surface area contributed by atoms with Crippen molar-refractivity contribution in [2.75, 3.05) is 12.8 Å². The van der Waals surface area contributed by atoms with Crippen LogP contribution in [0.4, 0.5) is 0 Å². The van der Waals surface area contributed by atoms with Crippen LogP contribution in [-0.4, -0.2) is 46.3 Å². The standard InChI is InChI=1S/C12H15NO5S2/c1-19(15,16)11-4-6-12(7-5-11)20(17,18)13-8-2-3-10(13)9-14/h4-7,9-10H,2-3,8H2,1H3/t10-/m0/s1. The van der Waals surface area contributed by atoms with E-state index in [0.717, 1.165) is 10.6 Å². The molecule has 0 aliphatic carbocycles. The normalized spacial score (nSPS) is 20.9. The summed E-state index contributed by atoms with van der Waals surface area (Å²) < 4.78 is 48.6. The number of benzene rings is 1. The Morgan fingerprint density at radius 1 is 1.10 bits per heavy atom. The molecule has 0 N–H and O–H groups in total. The van der Waals surface area contributed by atoms with Crippen LogP contribution in [0.2, 0.25) is 0 Å². The highest BCUT2D eigenvalue weighted by molar-refractivity contribution is 7.90. The van der Waals surface area contributed by atoms with Gasteiger partial charge >= 0.3 is 0 Å². The number of hydrogen-bond acceptors (Lipinski definition) is 5. The zero-order valence-electron chi connectivity index (χ0n) is 10.9. The van der Waals surface area contributed by atoms with E-state index in [2.05, 4.69) is 0 Å². The number of sulfonamides is 1. The average molecular weight is 317 g/mol. The van der Waals surface area contributed by atoms with E-state index in [0.29, 0.717) is 25.7 Å². The Kier molecular flexibility index (Phi) is 3.99. The minimum atomic E-state index is -3.75. The summed E-state index contributed by atoms with van der Waals surface area (Å²) in [6.45, 7) is 0.305. The maximum absolute atomic E-state index is 12.4. The lowest BCUT2D eigenvalue weighted by Gasteiger charge is -2.20. The predicted molar refractivity (Wildman–Crippen MR) is 72.5 cm³/mol. The van der Waals surface area contributed by atoms with Gasteiger partial charge in [-0.2, -0.15) is 4.31 Å². The lowest BCUT2D eigenvalue weighted by molar-refractivity contribution is -0.110. The van der Waals surface area contributed by atoms with Gasteiger partial charge in [0.15, 0.2) is 9.84 Å². The third-order valence-corrected chi connectivity index (χ3v) is 6.33. The van der Waals surface area contributed by atoms with Crippen molar-refractivity contribution < 1.29 is 21.6 Å². The Hall–Kier alpha value is -1.25. The summed E-state index contributed by atoms with van der Waals surface area (Å²) in [4.78, 5) is 11.0. The number of sulfone groups is 1. The maximum atomic E-state index is 12.4. The van der Waals surface area contributed by atoms with Gasteiger partial charge in [0.05, 0.1) is 15.8 Å². The average Bonchev–Trinajstić information content (AvgIpc) is 2.87. The fourth-order valence-electron chi connectivity index (χ4n) is 2.19. The number of aldehydes is 1. The maximum Gasteiger partial charge on any atom is 0.243 e. The van der Waals surface area contributed by atoms with Crippen molar-refractivity contribution in [3.05, 3.63) is 24.3 Å². The van der Waals surface area contributed by atoms with E-state index in [1.807, 2.05) is 0 Å². The topological polar surface area (TPSA) is 88.6 Å². The highest BCUT2D eigenvalue weighted by Crippen LogP contribution is 2.25. The van der Waals surface area contributed by atoms with Crippen LogP contribution in [0.3, 0.4) is 0 Å². The van der Waals surface area contributed by atoms with Crippen molar-refractivity contribution in [3.8, 4) is 0 Å². The van der Waals surface area contributed by atoms with Crippen LogP contribution in [0.25, 0.3) is 0 Å². The number of carbonyl (C=O) groups is 1. The zero-order valence-corrected chi connectivity index (χ0v) is 12.5. The Bertz CT molecular complexity index is 707. The first-order valence-corrected chi connectivity index (χ1v) is 9.37. The van der Waals surface area contributed by atoms with Crippen LogP contribution in [0.5, 0.6) is 0 Å². The van der Waals surface area contributed by atoms with E-state index in [1.54, 1.807) is 0 Å². The Labute approximate surface area is 118 Å². The molecule has 110 valence electrons. The van der Waals surface area contributed by atoms with Crippen molar-refractivity contribution in [1.82, 2.24) is 4.31 Å². The van der Waals surface area contributed by atoms with E-state index < -0.39 is 25.9 Å². The first-order valence-electron chi connectivity index (χ1n) is 6.04. The molecule has 1 aromatic rings. The van der Waals surface area contributed by atoms with Gasteiger partial charge in [0.2, 0.25) is 10.0 Å². The molecule has 20 heavy (non-hydrogen) atoms. The molecule has 1 saturated heterocycles. The molecule has 1 aliphatic heterocycles.